The summed E-state index contributed by atoms with van der Waals surface area (Å²) in [7, 11) is -2.43. The molecule has 1 saturated carbocycles. The number of carboxylic acids is 1. The molecule has 39 heavy (non-hydrogen) atoms. The second kappa shape index (κ2) is 10.4. The van der Waals surface area contributed by atoms with Gasteiger partial charge in [0.1, 0.15) is 30.0 Å². The molecule has 0 bridgehead atoms. The third kappa shape index (κ3) is 5.73. The lowest BCUT2D eigenvalue weighted by Crippen LogP contribution is -2.28. The van der Waals surface area contributed by atoms with Gasteiger partial charge in [-0.05, 0) is 83.5 Å². The van der Waals surface area contributed by atoms with Gasteiger partial charge in [0.2, 0.25) is 0 Å². The summed E-state index contributed by atoms with van der Waals surface area (Å²) in [4.78, 5) is 11.2. The number of ether oxygens (including phenoxy) is 3. The first kappa shape index (κ1) is 26.0. The van der Waals surface area contributed by atoms with Crippen LogP contribution < -0.4 is 14.2 Å². The Hall–Kier alpha value is -3.20. The molecule has 0 radical (unpaired) electrons. The number of aryl methyl sites for hydroxylation is 1. The lowest BCUT2D eigenvalue weighted by molar-refractivity contribution is -0.138. The van der Waals surface area contributed by atoms with Crippen molar-refractivity contribution in [3.8, 4) is 28.4 Å². The van der Waals surface area contributed by atoms with E-state index in [1.807, 2.05) is 36.4 Å². The van der Waals surface area contributed by atoms with Crippen LogP contribution in [0.1, 0.15) is 47.4 Å². The van der Waals surface area contributed by atoms with Crippen molar-refractivity contribution in [2.45, 2.75) is 51.2 Å². The summed E-state index contributed by atoms with van der Waals surface area (Å²) in [5.74, 6) is 2.37. The summed E-state index contributed by atoms with van der Waals surface area (Å²) in [6.07, 6.45) is 2.78. The SMILES string of the molecule is Cc1cc(OC2CCS(O)(O)CC2)cc2c1-c1cc(COc3ccc([C@H]4C[C@@H]4C(=O)O)cc3)ccc1OCC2. The molecule has 206 valence electrons. The van der Waals surface area contributed by atoms with Gasteiger partial charge in [-0.15, -0.1) is 0 Å². The lowest BCUT2D eigenvalue weighted by atomic mass is 9.92. The molecule has 7 nitrogen and oxygen atoms in total. The van der Waals surface area contributed by atoms with Gasteiger partial charge in [0.15, 0.2) is 0 Å². The standard InChI is InChI=1S/C31H34O7S/c1-19-14-25(38-24-9-12-39(34,35)13-10-24)16-22-8-11-36-29-7-2-20(15-28(29)30(19)22)18-37-23-5-3-21(4-6-23)26-17-27(26)31(32)33/h2-7,14-16,24,26-27,34-35H,8-13,17-18H2,1H3,(H,32,33)/t26-,27+/m1/s1. The van der Waals surface area contributed by atoms with Crippen LogP contribution in [0, 0.1) is 12.8 Å². The van der Waals surface area contributed by atoms with E-state index in [2.05, 4.69) is 25.1 Å². The van der Waals surface area contributed by atoms with Crippen molar-refractivity contribution in [2.24, 2.45) is 5.92 Å². The van der Waals surface area contributed by atoms with E-state index in [9.17, 15) is 19.0 Å². The molecule has 3 aromatic rings. The first-order valence-electron chi connectivity index (χ1n) is 13.5. The monoisotopic (exact) mass is 550 g/mol. The zero-order valence-electron chi connectivity index (χ0n) is 22.0. The molecule has 2 aliphatic heterocycles. The third-order valence-electron chi connectivity index (χ3n) is 7.99. The fraction of sp³-hybridized carbons (Fsp3) is 0.387. The maximum Gasteiger partial charge on any atom is 0.307 e. The van der Waals surface area contributed by atoms with E-state index in [1.54, 1.807) is 0 Å². The molecule has 0 amide bonds. The summed E-state index contributed by atoms with van der Waals surface area (Å²) in [5.41, 5.74) is 6.58. The summed E-state index contributed by atoms with van der Waals surface area (Å²) in [5, 5.41) is 9.17. The molecular weight excluding hydrogens is 516 g/mol. The number of aliphatic carboxylic acids is 1. The summed E-state index contributed by atoms with van der Waals surface area (Å²) >= 11 is 0. The Morgan fingerprint density at radius 1 is 1.03 bits per heavy atom. The molecule has 3 aromatic carbocycles. The number of fused-ring (bicyclic) bond motifs is 3. The minimum atomic E-state index is -2.43. The number of carbonyl (C=O) groups is 1. The van der Waals surface area contributed by atoms with E-state index in [4.69, 9.17) is 14.2 Å². The molecular formula is C31H34O7S. The van der Waals surface area contributed by atoms with Crippen LogP contribution >= 0.6 is 10.6 Å². The van der Waals surface area contributed by atoms with Gasteiger partial charge >= 0.3 is 5.97 Å². The van der Waals surface area contributed by atoms with Gasteiger partial charge in [0, 0.05) is 36.3 Å². The van der Waals surface area contributed by atoms with Crippen LogP contribution in [0.5, 0.6) is 17.2 Å². The molecule has 0 aromatic heterocycles. The van der Waals surface area contributed by atoms with Crippen molar-refractivity contribution in [3.63, 3.8) is 0 Å². The van der Waals surface area contributed by atoms with Crippen LogP contribution in [-0.2, 0) is 17.8 Å². The Bertz CT molecular complexity index is 1370. The first-order valence-corrected chi connectivity index (χ1v) is 15.4. The van der Waals surface area contributed by atoms with Crippen LogP contribution in [-0.4, -0.2) is 44.4 Å². The van der Waals surface area contributed by atoms with Gasteiger partial charge in [0.25, 0.3) is 0 Å². The Kier molecular flexibility index (Phi) is 6.95. The fourth-order valence-corrected chi connectivity index (χ4v) is 7.23. The average molecular weight is 551 g/mol. The number of hydrogen-bond acceptors (Lipinski definition) is 6. The largest absolute Gasteiger partial charge is 0.493 e. The zero-order chi connectivity index (χ0) is 27.1. The fourth-order valence-electron chi connectivity index (χ4n) is 5.75. The quantitative estimate of drug-likeness (QED) is 0.302. The van der Waals surface area contributed by atoms with E-state index < -0.39 is 16.6 Å². The second-order valence-electron chi connectivity index (χ2n) is 10.9. The Morgan fingerprint density at radius 2 is 1.79 bits per heavy atom. The Labute approximate surface area is 230 Å². The number of hydrogen-bond donors (Lipinski definition) is 3. The number of benzene rings is 3. The van der Waals surface area contributed by atoms with E-state index in [0.717, 1.165) is 51.5 Å². The predicted molar refractivity (Wildman–Crippen MR) is 151 cm³/mol. The van der Waals surface area contributed by atoms with Crippen molar-refractivity contribution < 1.29 is 33.2 Å². The van der Waals surface area contributed by atoms with Gasteiger partial charge in [-0.25, -0.2) is 0 Å². The van der Waals surface area contributed by atoms with E-state index in [0.29, 0.717) is 44.0 Å². The Morgan fingerprint density at radius 3 is 2.51 bits per heavy atom. The highest BCUT2D eigenvalue weighted by Gasteiger charge is 2.44. The third-order valence-corrected chi connectivity index (χ3v) is 9.77. The smallest absolute Gasteiger partial charge is 0.307 e. The van der Waals surface area contributed by atoms with Gasteiger partial charge in [-0.3, -0.25) is 13.9 Å². The van der Waals surface area contributed by atoms with E-state index >= 15 is 0 Å². The minimum absolute atomic E-state index is 0.00243. The van der Waals surface area contributed by atoms with Crippen LogP contribution in [0.4, 0.5) is 0 Å². The molecule has 2 fully saturated rings. The molecule has 1 saturated heterocycles. The van der Waals surface area contributed by atoms with Crippen molar-refractivity contribution in [1.29, 1.82) is 0 Å². The van der Waals surface area contributed by atoms with Crippen LogP contribution in [0.15, 0.2) is 54.6 Å². The number of carboxylic acid groups (broad SMARTS) is 1. The highest BCUT2D eigenvalue weighted by atomic mass is 32.3. The molecule has 2 atom stereocenters. The zero-order valence-corrected chi connectivity index (χ0v) is 22.8. The van der Waals surface area contributed by atoms with Crippen LogP contribution in [0.3, 0.4) is 0 Å². The highest BCUT2D eigenvalue weighted by molar-refractivity contribution is 8.24. The molecule has 1 aliphatic carbocycles. The lowest BCUT2D eigenvalue weighted by Gasteiger charge is -2.39. The molecule has 2 heterocycles. The molecule has 0 unspecified atom stereocenters. The average Bonchev–Trinajstić information content (AvgIpc) is 3.73. The topological polar surface area (TPSA) is 105 Å². The summed E-state index contributed by atoms with van der Waals surface area (Å²) in [6, 6.07) is 18.1. The van der Waals surface area contributed by atoms with Gasteiger partial charge in [-0.1, -0.05) is 18.2 Å². The molecule has 8 heteroatoms. The maximum atomic E-state index is 11.2. The van der Waals surface area contributed by atoms with Crippen molar-refractivity contribution in [2.75, 3.05) is 18.1 Å². The van der Waals surface area contributed by atoms with Crippen LogP contribution in [0.2, 0.25) is 0 Å². The minimum Gasteiger partial charge on any atom is -0.493 e. The van der Waals surface area contributed by atoms with Gasteiger partial charge in [0.05, 0.1) is 12.5 Å². The van der Waals surface area contributed by atoms with Crippen molar-refractivity contribution in [1.82, 2.24) is 0 Å². The van der Waals surface area contributed by atoms with E-state index in [-0.39, 0.29) is 17.9 Å². The molecule has 6 rings (SSSR count). The first-order chi connectivity index (χ1) is 18.8. The van der Waals surface area contributed by atoms with Crippen molar-refractivity contribution in [3.05, 3.63) is 76.9 Å². The van der Waals surface area contributed by atoms with Crippen molar-refractivity contribution >= 4 is 16.6 Å². The van der Waals surface area contributed by atoms with Gasteiger partial charge in [-0.2, -0.15) is 10.6 Å². The summed E-state index contributed by atoms with van der Waals surface area (Å²) < 4.78 is 38.3. The molecule has 3 N–H and O–H groups in total. The molecule has 0 spiro atoms. The molecule has 3 aliphatic rings. The normalized spacial score (nSPS) is 22.4. The Balaban J connectivity index is 1.17. The van der Waals surface area contributed by atoms with Crippen LogP contribution in [0.25, 0.3) is 11.1 Å². The van der Waals surface area contributed by atoms with E-state index in [1.165, 1.54) is 5.56 Å². The highest BCUT2D eigenvalue weighted by Crippen LogP contribution is 2.48. The van der Waals surface area contributed by atoms with Gasteiger partial charge < -0.3 is 19.3 Å². The maximum absolute atomic E-state index is 11.2. The predicted octanol–water partition coefficient (Wildman–Crippen LogP) is 6.66. The number of rotatable bonds is 7. The summed E-state index contributed by atoms with van der Waals surface area (Å²) in [6.45, 7) is 3.08. The second-order valence-corrected chi connectivity index (χ2v) is 13.3.